The van der Waals surface area contributed by atoms with Crippen molar-refractivity contribution in [2.45, 2.75) is 26.3 Å². The van der Waals surface area contributed by atoms with E-state index in [0.29, 0.717) is 26.1 Å². The van der Waals surface area contributed by atoms with E-state index < -0.39 is 0 Å². The molecule has 0 unspecified atom stereocenters. The molecule has 0 radical (unpaired) electrons. The van der Waals surface area contributed by atoms with Crippen molar-refractivity contribution in [2.24, 2.45) is 0 Å². The van der Waals surface area contributed by atoms with E-state index in [1.807, 2.05) is 19.1 Å². The summed E-state index contributed by atoms with van der Waals surface area (Å²) in [5.74, 6) is 0. The van der Waals surface area contributed by atoms with Crippen LogP contribution < -0.4 is 5.32 Å². The number of nitrogens with one attached hydrogen (secondary N) is 1. The Labute approximate surface area is 107 Å². The maximum absolute atomic E-state index is 11.9. The van der Waals surface area contributed by atoms with Gasteiger partial charge in [-0.15, -0.1) is 0 Å². The Kier molecular flexibility index (Phi) is 6.26. The van der Waals surface area contributed by atoms with Gasteiger partial charge in [0.2, 0.25) is 0 Å². The Morgan fingerprint density at radius 2 is 2.44 bits per heavy atom. The van der Waals surface area contributed by atoms with E-state index in [1.165, 1.54) is 0 Å². The number of nitrogens with zero attached hydrogens (tertiary/aromatic N) is 3. The third-order valence-electron chi connectivity index (χ3n) is 2.40. The molecular weight excluding hydrogens is 228 g/mol. The van der Waals surface area contributed by atoms with Gasteiger partial charge in [-0.25, -0.2) is 4.79 Å². The minimum absolute atomic E-state index is 0.129. The molecule has 96 valence electrons. The molecule has 18 heavy (non-hydrogen) atoms. The van der Waals surface area contributed by atoms with Crippen LogP contribution in [0.15, 0.2) is 24.5 Å². The van der Waals surface area contributed by atoms with E-state index in [2.05, 4.69) is 16.4 Å². The summed E-state index contributed by atoms with van der Waals surface area (Å²) in [6, 6.07) is 5.68. The number of pyridine rings is 1. The van der Waals surface area contributed by atoms with Crippen molar-refractivity contribution < 1.29 is 4.79 Å². The van der Waals surface area contributed by atoms with Gasteiger partial charge >= 0.3 is 6.03 Å². The summed E-state index contributed by atoms with van der Waals surface area (Å²) in [6.07, 6.45) is 4.65. The van der Waals surface area contributed by atoms with Gasteiger partial charge in [0.05, 0.1) is 12.5 Å². The van der Waals surface area contributed by atoms with Gasteiger partial charge in [-0.2, -0.15) is 5.26 Å². The highest BCUT2D eigenvalue weighted by molar-refractivity contribution is 5.74. The monoisotopic (exact) mass is 246 g/mol. The zero-order valence-electron chi connectivity index (χ0n) is 10.6. The summed E-state index contributed by atoms with van der Waals surface area (Å²) in [5.41, 5.74) is 0.960. The van der Waals surface area contributed by atoms with Crippen molar-refractivity contribution in [1.29, 1.82) is 5.26 Å². The average molecular weight is 246 g/mol. The lowest BCUT2D eigenvalue weighted by molar-refractivity contribution is 0.196. The molecule has 1 aromatic heterocycles. The molecule has 1 rings (SSSR count). The lowest BCUT2D eigenvalue weighted by Gasteiger charge is -2.21. The van der Waals surface area contributed by atoms with E-state index in [0.717, 1.165) is 12.0 Å². The quantitative estimate of drug-likeness (QED) is 0.833. The average Bonchev–Trinajstić information content (AvgIpc) is 2.42. The minimum atomic E-state index is -0.129. The van der Waals surface area contributed by atoms with Crippen LogP contribution in [0.2, 0.25) is 0 Å². The molecule has 0 aliphatic carbocycles. The molecule has 0 saturated heterocycles. The van der Waals surface area contributed by atoms with Gasteiger partial charge in [-0.1, -0.05) is 13.0 Å². The van der Waals surface area contributed by atoms with Crippen LogP contribution in [-0.4, -0.2) is 29.0 Å². The Bertz CT molecular complexity index is 399. The lowest BCUT2D eigenvalue weighted by Crippen LogP contribution is -2.40. The molecule has 0 spiro atoms. The second-order valence-electron chi connectivity index (χ2n) is 3.92. The third-order valence-corrected chi connectivity index (χ3v) is 2.40. The van der Waals surface area contributed by atoms with Gasteiger partial charge in [0.1, 0.15) is 0 Å². The maximum atomic E-state index is 11.9. The standard InChI is InChI=1S/C13H18N4O/c1-2-7-16-13(18)17(9-4-6-14)11-12-5-3-8-15-10-12/h3,5,8,10H,2,4,7,9,11H2,1H3,(H,16,18). The zero-order valence-corrected chi connectivity index (χ0v) is 10.6. The summed E-state index contributed by atoms with van der Waals surface area (Å²) in [6.45, 7) is 3.56. The summed E-state index contributed by atoms with van der Waals surface area (Å²) in [7, 11) is 0. The fourth-order valence-corrected chi connectivity index (χ4v) is 1.49. The zero-order chi connectivity index (χ0) is 13.2. The summed E-state index contributed by atoms with van der Waals surface area (Å²) in [5, 5.41) is 11.4. The van der Waals surface area contributed by atoms with Gasteiger partial charge < -0.3 is 10.2 Å². The first-order valence-electron chi connectivity index (χ1n) is 6.06. The molecule has 1 heterocycles. The number of amides is 2. The largest absolute Gasteiger partial charge is 0.338 e. The Balaban J connectivity index is 2.60. The van der Waals surface area contributed by atoms with E-state index in [4.69, 9.17) is 5.26 Å². The van der Waals surface area contributed by atoms with Crippen LogP contribution >= 0.6 is 0 Å². The minimum Gasteiger partial charge on any atom is -0.338 e. The highest BCUT2D eigenvalue weighted by Crippen LogP contribution is 2.04. The normalized spacial score (nSPS) is 9.56. The lowest BCUT2D eigenvalue weighted by atomic mass is 10.2. The summed E-state index contributed by atoms with van der Waals surface area (Å²) >= 11 is 0. The van der Waals surface area contributed by atoms with Crippen LogP contribution in [0.4, 0.5) is 4.79 Å². The number of hydrogen-bond donors (Lipinski definition) is 1. The molecule has 0 aliphatic rings. The van der Waals surface area contributed by atoms with Crippen LogP contribution in [0, 0.1) is 11.3 Å². The predicted molar refractivity (Wildman–Crippen MR) is 68.6 cm³/mol. The first-order chi connectivity index (χ1) is 8.77. The van der Waals surface area contributed by atoms with Crippen LogP contribution in [0.5, 0.6) is 0 Å². The van der Waals surface area contributed by atoms with Gasteiger partial charge in [0.25, 0.3) is 0 Å². The van der Waals surface area contributed by atoms with E-state index in [1.54, 1.807) is 17.3 Å². The Hall–Kier alpha value is -2.09. The van der Waals surface area contributed by atoms with Crippen LogP contribution in [0.1, 0.15) is 25.3 Å². The molecule has 0 aliphatic heterocycles. The number of nitriles is 1. The second-order valence-corrected chi connectivity index (χ2v) is 3.92. The van der Waals surface area contributed by atoms with E-state index in [9.17, 15) is 4.79 Å². The van der Waals surface area contributed by atoms with E-state index in [-0.39, 0.29) is 6.03 Å². The fourth-order valence-electron chi connectivity index (χ4n) is 1.49. The van der Waals surface area contributed by atoms with E-state index >= 15 is 0 Å². The van der Waals surface area contributed by atoms with Crippen molar-refractivity contribution in [1.82, 2.24) is 15.2 Å². The Morgan fingerprint density at radius 3 is 3.06 bits per heavy atom. The number of aromatic nitrogens is 1. The first kappa shape index (κ1) is 14.0. The maximum Gasteiger partial charge on any atom is 0.317 e. The molecule has 0 fully saturated rings. The first-order valence-corrected chi connectivity index (χ1v) is 6.06. The molecule has 5 nitrogen and oxygen atoms in total. The molecule has 0 atom stereocenters. The number of rotatable bonds is 6. The third kappa shape index (κ3) is 4.83. The molecule has 0 bridgehead atoms. The molecule has 1 aromatic rings. The van der Waals surface area contributed by atoms with Crippen LogP contribution in [0.25, 0.3) is 0 Å². The Morgan fingerprint density at radius 1 is 1.61 bits per heavy atom. The smallest absolute Gasteiger partial charge is 0.317 e. The molecular formula is C13H18N4O. The molecule has 0 aromatic carbocycles. The number of urea groups is 1. The van der Waals surface area contributed by atoms with Gasteiger partial charge in [0.15, 0.2) is 0 Å². The predicted octanol–water partition coefficient (Wildman–Crippen LogP) is 1.92. The SMILES string of the molecule is CCCNC(=O)N(CCC#N)Cc1cccnc1. The molecule has 1 N–H and O–H groups in total. The highest BCUT2D eigenvalue weighted by atomic mass is 16.2. The number of carbonyl (C=O) groups is 1. The summed E-state index contributed by atoms with van der Waals surface area (Å²) < 4.78 is 0. The highest BCUT2D eigenvalue weighted by Gasteiger charge is 2.12. The number of carbonyl (C=O) groups excluding carboxylic acids is 1. The van der Waals surface area contributed by atoms with Crippen molar-refractivity contribution in [3.63, 3.8) is 0 Å². The summed E-state index contributed by atoms with van der Waals surface area (Å²) in [4.78, 5) is 17.5. The number of hydrogen-bond acceptors (Lipinski definition) is 3. The van der Waals surface area contributed by atoms with Gasteiger partial charge in [-0.3, -0.25) is 4.98 Å². The van der Waals surface area contributed by atoms with Crippen LogP contribution in [0.3, 0.4) is 0 Å². The van der Waals surface area contributed by atoms with Crippen molar-refractivity contribution in [3.05, 3.63) is 30.1 Å². The van der Waals surface area contributed by atoms with Gasteiger partial charge in [0, 0.05) is 32.0 Å². The van der Waals surface area contributed by atoms with Gasteiger partial charge in [-0.05, 0) is 18.1 Å². The molecule has 2 amide bonds. The van der Waals surface area contributed by atoms with Crippen molar-refractivity contribution >= 4 is 6.03 Å². The second kappa shape index (κ2) is 8.07. The van der Waals surface area contributed by atoms with Crippen LogP contribution in [-0.2, 0) is 6.54 Å². The topological polar surface area (TPSA) is 69.0 Å². The van der Waals surface area contributed by atoms with Crippen molar-refractivity contribution in [3.8, 4) is 6.07 Å². The fraction of sp³-hybridized carbons (Fsp3) is 0.462. The van der Waals surface area contributed by atoms with Crippen molar-refractivity contribution in [2.75, 3.05) is 13.1 Å². The molecule has 5 heteroatoms. The molecule has 0 saturated carbocycles.